The number of hydrogen-bond donors (Lipinski definition) is 12. The molecule has 0 radical (unpaired) electrons. The number of carboxylic acid groups (broad SMARTS) is 12. The predicted molar refractivity (Wildman–Crippen MR) is 190 cm³/mol. The normalized spacial score (nSPS) is 10.0. The molecule has 34 heteroatoms. The van der Waals surface area contributed by atoms with Crippen LogP contribution in [0.5, 0.6) is 0 Å². The van der Waals surface area contributed by atoms with Gasteiger partial charge in [-0.2, -0.15) is 0 Å². The quantitative estimate of drug-likeness (QED) is 0.0291. The van der Waals surface area contributed by atoms with Crippen LogP contribution in [0.15, 0.2) is 0 Å². The van der Waals surface area contributed by atoms with E-state index in [1.165, 1.54) is 0 Å². The van der Waals surface area contributed by atoms with E-state index in [1.807, 2.05) is 0 Å². The second kappa shape index (κ2) is 45.5. The van der Waals surface area contributed by atoms with Crippen LogP contribution in [0.4, 0.5) is 0 Å². The fraction of sp³-hybridized carbons (Fsp3) is 0.600. The zero-order valence-corrected chi connectivity index (χ0v) is 43.8. The van der Waals surface area contributed by atoms with E-state index >= 15 is 0 Å². The Morgan fingerprint density at radius 2 is 0.250 bits per heavy atom. The molecular weight excluding hydrogens is 1430 g/mol. The van der Waals surface area contributed by atoms with Crippen molar-refractivity contribution < 1.29 is 280 Å². The molecular formula is C30H48N6O24Sm4. The van der Waals surface area contributed by atoms with Gasteiger partial charge in [0.25, 0.3) is 0 Å². The predicted octanol–water partition coefficient (Wildman–Crippen LogP) is -6.21. The summed E-state index contributed by atoms with van der Waals surface area (Å²) in [4.78, 5) is 133. The largest absolute Gasteiger partial charge is 0.480 e. The van der Waals surface area contributed by atoms with Crippen LogP contribution in [-0.4, -0.2) is 280 Å². The van der Waals surface area contributed by atoms with E-state index in [2.05, 4.69) is 0 Å². The first-order chi connectivity index (χ1) is 27.6. The summed E-state index contributed by atoms with van der Waals surface area (Å²) in [5, 5.41) is 103. The molecule has 0 unspecified atom stereocenters. The molecule has 12 N–H and O–H groups in total. The van der Waals surface area contributed by atoms with E-state index in [1.54, 1.807) is 0 Å². The Bertz CT molecular complexity index is 1140. The summed E-state index contributed by atoms with van der Waals surface area (Å²) in [5.41, 5.74) is 0. The van der Waals surface area contributed by atoms with Crippen LogP contribution in [0.2, 0.25) is 0 Å². The van der Waals surface area contributed by atoms with E-state index in [9.17, 15) is 57.5 Å². The van der Waals surface area contributed by atoms with Gasteiger partial charge < -0.3 is 61.3 Å². The standard InChI is InChI=1S/3C10H16N2O8.4Sm/c3*13-7(14)3-11(4-8(15)16)1-2-12(5-9(17)18)6-10(19)20;;;;/h3*1-6H2,(H,13,14)(H,15,16)(H,17,18)(H,19,20);;;;. The van der Waals surface area contributed by atoms with Gasteiger partial charge in [0.15, 0.2) is 0 Å². The van der Waals surface area contributed by atoms with Crippen LogP contribution in [-0.2, 0) is 57.5 Å². The zero-order chi connectivity index (χ0) is 47.1. The third-order valence-electron chi connectivity index (χ3n) is 6.50. The number of hydrogen-bond acceptors (Lipinski definition) is 18. The van der Waals surface area contributed by atoms with Crippen LogP contribution in [0.1, 0.15) is 0 Å². The van der Waals surface area contributed by atoms with Gasteiger partial charge in [0.05, 0.1) is 78.5 Å². The average molecular weight is 1480 g/mol. The second-order valence-corrected chi connectivity index (χ2v) is 12.0. The molecule has 0 aliphatic heterocycles. The molecule has 0 saturated carbocycles. The van der Waals surface area contributed by atoms with Crippen molar-refractivity contribution in [2.24, 2.45) is 0 Å². The first kappa shape index (κ1) is 77.0. The topological polar surface area (TPSA) is 467 Å². The fourth-order valence-electron chi connectivity index (χ4n) is 4.43. The molecule has 0 aromatic heterocycles. The van der Waals surface area contributed by atoms with Gasteiger partial charge in [0.2, 0.25) is 0 Å². The number of aliphatic carboxylic acids is 12. The summed E-state index contributed by atoms with van der Waals surface area (Å²) < 4.78 is 0. The molecule has 0 aromatic rings. The molecule has 0 fully saturated rings. The maximum atomic E-state index is 10.6. The van der Waals surface area contributed by atoms with Crippen molar-refractivity contribution in [2.75, 3.05) is 118 Å². The molecule has 0 aliphatic rings. The van der Waals surface area contributed by atoms with E-state index in [4.69, 9.17) is 61.3 Å². The van der Waals surface area contributed by atoms with Gasteiger partial charge in [-0.15, -0.1) is 0 Å². The summed E-state index contributed by atoms with van der Waals surface area (Å²) in [5.74, 6) is -14.7. The van der Waals surface area contributed by atoms with Crippen molar-refractivity contribution in [3.63, 3.8) is 0 Å². The third kappa shape index (κ3) is 56.9. The zero-order valence-electron chi connectivity index (χ0n) is 33.3. The molecule has 0 aromatic carbocycles. The van der Waals surface area contributed by atoms with Crippen molar-refractivity contribution in [2.45, 2.75) is 0 Å². The summed E-state index contributed by atoms with van der Waals surface area (Å²) in [6.07, 6.45) is 0. The van der Waals surface area contributed by atoms with Gasteiger partial charge in [-0.3, -0.25) is 86.9 Å². The average Bonchev–Trinajstić information content (AvgIpc) is 3.02. The Labute approximate surface area is 492 Å². The maximum absolute atomic E-state index is 10.6. The van der Waals surface area contributed by atoms with Gasteiger partial charge in [-0.25, -0.2) is 0 Å². The second-order valence-electron chi connectivity index (χ2n) is 12.0. The van der Waals surface area contributed by atoms with Crippen LogP contribution < -0.4 is 0 Å². The number of carbonyl (C=O) groups is 12. The van der Waals surface area contributed by atoms with Crippen molar-refractivity contribution in [3.8, 4) is 0 Å². The Balaban J connectivity index is -0.000000148. The van der Waals surface area contributed by atoms with Gasteiger partial charge in [0, 0.05) is 201 Å². The number of nitrogens with zero attached hydrogens (tertiary/aromatic N) is 6. The molecule has 0 bridgehead atoms. The molecule has 0 atom stereocenters. The Morgan fingerprint density at radius 3 is 0.297 bits per heavy atom. The maximum Gasteiger partial charge on any atom is 0.317 e. The van der Waals surface area contributed by atoms with E-state index < -0.39 is 150 Å². The van der Waals surface area contributed by atoms with E-state index in [0.29, 0.717) is 0 Å². The summed E-state index contributed by atoms with van der Waals surface area (Å²) >= 11 is 0. The van der Waals surface area contributed by atoms with E-state index in [-0.39, 0.29) is 201 Å². The van der Waals surface area contributed by atoms with Crippen molar-refractivity contribution >= 4 is 71.6 Å². The third-order valence-corrected chi connectivity index (χ3v) is 6.50. The molecule has 0 amide bonds. The number of rotatable bonds is 33. The van der Waals surface area contributed by atoms with Gasteiger partial charge in [0.1, 0.15) is 0 Å². The first-order valence-corrected chi connectivity index (χ1v) is 16.6. The Kier molecular flexibility index (Phi) is 54.8. The minimum atomic E-state index is -1.23. The monoisotopic (exact) mass is 1480 g/mol. The van der Waals surface area contributed by atoms with Gasteiger partial charge in [-0.1, -0.05) is 0 Å². The molecule has 0 rings (SSSR count). The smallest absolute Gasteiger partial charge is 0.317 e. The minimum Gasteiger partial charge on any atom is -0.480 e. The van der Waals surface area contributed by atoms with Gasteiger partial charge in [-0.05, 0) is 0 Å². The van der Waals surface area contributed by atoms with E-state index in [0.717, 1.165) is 29.4 Å². The summed E-state index contributed by atoms with van der Waals surface area (Å²) in [7, 11) is 0. The fourth-order valence-corrected chi connectivity index (χ4v) is 4.43. The van der Waals surface area contributed by atoms with Gasteiger partial charge >= 0.3 is 71.6 Å². The Morgan fingerprint density at radius 1 is 0.188 bits per heavy atom. The first-order valence-electron chi connectivity index (χ1n) is 16.6. The minimum absolute atomic E-state index is 0. The molecule has 30 nitrogen and oxygen atoms in total. The van der Waals surface area contributed by atoms with Crippen LogP contribution in [0, 0.1) is 162 Å². The molecule has 0 saturated heterocycles. The Hall–Kier alpha value is -1.25. The van der Waals surface area contributed by atoms with Crippen LogP contribution in [0.25, 0.3) is 0 Å². The van der Waals surface area contributed by atoms with Crippen molar-refractivity contribution in [3.05, 3.63) is 0 Å². The molecule has 0 spiro atoms. The molecule has 0 heterocycles. The SMILES string of the molecule is O=C(O)CN(CCN(CC(=O)O)CC(=O)O)CC(=O)O.O=C(O)CN(CCN(CC(=O)O)CC(=O)O)CC(=O)O.O=C(O)CN(CCN(CC(=O)O)CC(=O)O)CC(=O)O.[Sm].[Sm].[Sm].[Sm]. The molecule has 0 aliphatic carbocycles. The molecule has 64 heavy (non-hydrogen) atoms. The summed E-state index contributed by atoms with van der Waals surface area (Å²) in [6.45, 7) is -6.75. The van der Waals surface area contributed by atoms with Crippen molar-refractivity contribution in [1.82, 2.24) is 29.4 Å². The number of carboxylic acids is 12. The van der Waals surface area contributed by atoms with Crippen LogP contribution in [0.3, 0.4) is 0 Å². The molecule has 366 valence electrons. The summed E-state index contributed by atoms with van der Waals surface area (Å²) in [6, 6.07) is 0. The van der Waals surface area contributed by atoms with Crippen molar-refractivity contribution in [1.29, 1.82) is 0 Å². The van der Waals surface area contributed by atoms with Crippen LogP contribution >= 0.6 is 0 Å².